The molecule has 0 radical (unpaired) electrons. The van der Waals surface area contributed by atoms with Crippen LogP contribution in [0.3, 0.4) is 0 Å². The summed E-state index contributed by atoms with van der Waals surface area (Å²) in [5.74, 6) is -0.660. The van der Waals surface area contributed by atoms with Crippen LogP contribution in [0.1, 0.15) is 34.1 Å². The van der Waals surface area contributed by atoms with Crippen LogP contribution in [0.25, 0.3) is 0 Å². The van der Waals surface area contributed by atoms with Gasteiger partial charge in [-0.25, -0.2) is 4.79 Å². The second-order valence-electron chi connectivity index (χ2n) is 5.05. The number of aliphatic hydroxyl groups excluding tert-OH is 1. The van der Waals surface area contributed by atoms with E-state index >= 15 is 0 Å². The molecule has 1 fully saturated rings. The molecule has 7 heteroatoms. The number of thiophene rings is 1. The van der Waals surface area contributed by atoms with E-state index in [0.29, 0.717) is 23.5 Å². The van der Waals surface area contributed by atoms with Gasteiger partial charge in [0.15, 0.2) is 0 Å². The topological polar surface area (TPSA) is 87.7 Å². The molecule has 6 nitrogen and oxygen atoms in total. The Balaban J connectivity index is 2.18. The van der Waals surface area contributed by atoms with E-state index in [1.54, 1.807) is 6.92 Å². The van der Waals surface area contributed by atoms with E-state index < -0.39 is 18.1 Å². The van der Waals surface area contributed by atoms with Crippen LogP contribution in [0.15, 0.2) is 0 Å². The van der Waals surface area contributed by atoms with Gasteiger partial charge in [0.05, 0.1) is 24.3 Å². The average molecular weight is 312 g/mol. The van der Waals surface area contributed by atoms with Crippen molar-refractivity contribution < 1.29 is 19.4 Å². The Morgan fingerprint density at radius 2 is 2.19 bits per heavy atom. The summed E-state index contributed by atoms with van der Waals surface area (Å²) in [6, 6.07) is -0.433. The van der Waals surface area contributed by atoms with Crippen molar-refractivity contribution in [2.45, 2.75) is 39.3 Å². The van der Waals surface area contributed by atoms with Crippen LogP contribution in [-0.2, 0) is 9.53 Å². The molecular weight excluding hydrogens is 292 g/mol. The third kappa shape index (κ3) is 3.42. The van der Waals surface area contributed by atoms with Crippen molar-refractivity contribution in [3.8, 4) is 0 Å². The average Bonchev–Trinajstić information content (AvgIpc) is 2.95. The van der Waals surface area contributed by atoms with Crippen LogP contribution in [0.2, 0.25) is 0 Å². The third-order valence-electron chi connectivity index (χ3n) is 3.53. The smallest absolute Gasteiger partial charge is 0.341 e. The van der Waals surface area contributed by atoms with E-state index in [-0.39, 0.29) is 12.5 Å². The highest BCUT2D eigenvalue weighted by atomic mass is 32.1. The molecule has 21 heavy (non-hydrogen) atoms. The fourth-order valence-corrected chi connectivity index (χ4v) is 3.33. The number of aliphatic hydroxyl groups is 1. The molecule has 1 aromatic rings. The highest BCUT2D eigenvalue weighted by molar-refractivity contribution is 7.16. The fourth-order valence-electron chi connectivity index (χ4n) is 2.28. The first kappa shape index (κ1) is 15.9. The SMILES string of the molecule is CCOC(=O)c1c(NC(=O)C2CC(O)CN2)sc(C)c1C. The molecular formula is C14H20N2O4S. The van der Waals surface area contributed by atoms with Crippen molar-refractivity contribution >= 4 is 28.2 Å². The summed E-state index contributed by atoms with van der Waals surface area (Å²) in [5, 5.41) is 15.7. The number of carbonyl (C=O) groups is 2. The van der Waals surface area contributed by atoms with Crippen molar-refractivity contribution in [1.29, 1.82) is 0 Å². The zero-order valence-electron chi connectivity index (χ0n) is 12.4. The van der Waals surface area contributed by atoms with Crippen LogP contribution in [0.5, 0.6) is 0 Å². The van der Waals surface area contributed by atoms with E-state index in [2.05, 4.69) is 10.6 Å². The lowest BCUT2D eigenvalue weighted by molar-refractivity contribution is -0.117. The van der Waals surface area contributed by atoms with Gasteiger partial charge in [0.25, 0.3) is 0 Å². The van der Waals surface area contributed by atoms with Crippen LogP contribution in [-0.4, -0.2) is 42.3 Å². The minimum atomic E-state index is -0.503. The molecule has 2 atom stereocenters. The fraction of sp³-hybridized carbons (Fsp3) is 0.571. The van der Waals surface area contributed by atoms with E-state index in [1.807, 2.05) is 13.8 Å². The Kier molecular flexibility index (Phi) is 4.97. The number of anilines is 1. The lowest BCUT2D eigenvalue weighted by atomic mass is 10.1. The first-order chi connectivity index (χ1) is 9.93. The molecule has 0 saturated carbocycles. The number of nitrogens with one attached hydrogen (secondary N) is 2. The molecule has 1 aliphatic rings. The number of hydrogen-bond donors (Lipinski definition) is 3. The monoisotopic (exact) mass is 312 g/mol. The number of rotatable bonds is 4. The first-order valence-electron chi connectivity index (χ1n) is 6.93. The highest BCUT2D eigenvalue weighted by Gasteiger charge is 2.30. The number of esters is 1. The number of ether oxygens (including phenoxy) is 1. The van der Waals surface area contributed by atoms with Crippen LogP contribution in [0, 0.1) is 13.8 Å². The molecule has 0 spiro atoms. The number of β-amino-alcohol motifs (C(OH)–C–C–N with tert-alkyl or cyclic N) is 1. The van der Waals surface area contributed by atoms with Crippen LogP contribution >= 0.6 is 11.3 Å². The molecule has 1 aliphatic heterocycles. The maximum absolute atomic E-state index is 12.2. The van der Waals surface area contributed by atoms with Gasteiger partial charge in [-0.15, -0.1) is 11.3 Å². The van der Waals surface area contributed by atoms with Gasteiger partial charge in [0, 0.05) is 11.4 Å². The lowest BCUT2D eigenvalue weighted by Gasteiger charge is -2.11. The van der Waals surface area contributed by atoms with Gasteiger partial charge in [-0.3, -0.25) is 4.79 Å². The van der Waals surface area contributed by atoms with Crippen molar-refractivity contribution in [3.63, 3.8) is 0 Å². The van der Waals surface area contributed by atoms with Gasteiger partial charge in [-0.05, 0) is 32.8 Å². The number of amides is 1. The molecule has 2 heterocycles. The minimum absolute atomic E-state index is 0.238. The largest absolute Gasteiger partial charge is 0.462 e. The molecule has 2 rings (SSSR count). The number of hydrogen-bond acceptors (Lipinski definition) is 6. The van der Waals surface area contributed by atoms with Crippen molar-refractivity contribution in [1.82, 2.24) is 5.32 Å². The quantitative estimate of drug-likeness (QED) is 0.727. The van der Waals surface area contributed by atoms with Gasteiger partial charge in [-0.1, -0.05) is 0 Å². The molecule has 0 aromatic carbocycles. The zero-order chi connectivity index (χ0) is 15.6. The summed E-state index contributed by atoms with van der Waals surface area (Å²) >= 11 is 1.36. The molecule has 1 aromatic heterocycles. The summed E-state index contributed by atoms with van der Waals surface area (Å²) in [6.45, 7) is 6.18. The molecule has 1 amide bonds. The molecule has 3 N–H and O–H groups in total. The van der Waals surface area contributed by atoms with E-state index in [4.69, 9.17) is 4.74 Å². The normalized spacial score (nSPS) is 21.3. The second-order valence-corrected chi connectivity index (χ2v) is 6.27. The Morgan fingerprint density at radius 1 is 1.48 bits per heavy atom. The summed E-state index contributed by atoms with van der Waals surface area (Å²) in [4.78, 5) is 25.2. The predicted octanol–water partition coefficient (Wildman–Crippen LogP) is 1.20. The van der Waals surface area contributed by atoms with Gasteiger partial charge < -0.3 is 20.5 Å². The molecule has 2 unspecified atom stereocenters. The molecule has 0 aliphatic carbocycles. The summed E-state index contributed by atoms with van der Waals surface area (Å²) < 4.78 is 5.05. The van der Waals surface area contributed by atoms with Crippen LogP contribution in [0.4, 0.5) is 5.00 Å². The van der Waals surface area contributed by atoms with Crippen molar-refractivity contribution in [2.24, 2.45) is 0 Å². The first-order valence-corrected chi connectivity index (χ1v) is 7.75. The van der Waals surface area contributed by atoms with E-state index in [1.165, 1.54) is 11.3 Å². The Hall–Kier alpha value is -1.44. The summed E-state index contributed by atoms with van der Waals surface area (Å²) in [6.07, 6.45) is -0.124. The zero-order valence-corrected chi connectivity index (χ0v) is 13.2. The number of carbonyl (C=O) groups excluding carboxylic acids is 2. The second kappa shape index (κ2) is 6.55. The standard InChI is InChI=1S/C14H20N2O4S/c1-4-20-14(19)11-7(2)8(3)21-13(11)16-12(18)10-5-9(17)6-15-10/h9-10,15,17H,4-6H2,1-3H3,(H,16,18). The molecule has 1 saturated heterocycles. The van der Waals surface area contributed by atoms with Gasteiger partial charge in [0.1, 0.15) is 5.00 Å². The maximum atomic E-state index is 12.2. The summed E-state index contributed by atoms with van der Waals surface area (Å²) in [7, 11) is 0. The third-order valence-corrected chi connectivity index (χ3v) is 4.65. The number of aryl methyl sites for hydroxylation is 1. The Bertz CT molecular complexity index is 555. The minimum Gasteiger partial charge on any atom is -0.462 e. The Morgan fingerprint density at radius 3 is 2.76 bits per heavy atom. The molecule has 0 bridgehead atoms. The van der Waals surface area contributed by atoms with Crippen molar-refractivity contribution in [3.05, 3.63) is 16.0 Å². The Labute approximate surface area is 127 Å². The van der Waals surface area contributed by atoms with Gasteiger partial charge in [-0.2, -0.15) is 0 Å². The molecule has 116 valence electrons. The van der Waals surface area contributed by atoms with Crippen molar-refractivity contribution in [2.75, 3.05) is 18.5 Å². The van der Waals surface area contributed by atoms with Gasteiger partial charge >= 0.3 is 5.97 Å². The predicted molar refractivity (Wildman–Crippen MR) is 80.8 cm³/mol. The van der Waals surface area contributed by atoms with E-state index in [9.17, 15) is 14.7 Å². The van der Waals surface area contributed by atoms with Crippen LogP contribution < -0.4 is 10.6 Å². The van der Waals surface area contributed by atoms with E-state index in [0.717, 1.165) is 10.4 Å². The highest BCUT2D eigenvalue weighted by Crippen LogP contribution is 2.33. The lowest BCUT2D eigenvalue weighted by Crippen LogP contribution is -2.35. The van der Waals surface area contributed by atoms with Gasteiger partial charge in [0.2, 0.25) is 5.91 Å². The maximum Gasteiger partial charge on any atom is 0.341 e. The summed E-state index contributed by atoms with van der Waals surface area (Å²) in [5.41, 5.74) is 1.25.